The highest BCUT2D eigenvalue weighted by atomic mass is 16.5. The normalized spacial score (nSPS) is 10.6. The predicted octanol–water partition coefficient (Wildman–Crippen LogP) is 4.08. The van der Waals surface area contributed by atoms with Crippen LogP contribution in [0, 0.1) is 0 Å². The van der Waals surface area contributed by atoms with Gasteiger partial charge in [0.05, 0.1) is 19.6 Å². The minimum Gasteiger partial charge on any atom is -0.508 e. The molecular formula is C26H22O10. The van der Waals surface area contributed by atoms with Crippen molar-refractivity contribution in [3.8, 4) is 45.8 Å². The highest BCUT2D eigenvalue weighted by Gasteiger charge is 2.16. The molecular weight excluding hydrogens is 472 g/mol. The van der Waals surface area contributed by atoms with E-state index in [1.54, 1.807) is 25.3 Å². The van der Waals surface area contributed by atoms with Gasteiger partial charge in [0.25, 0.3) is 0 Å². The van der Waals surface area contributed by atoms with Crippen LogP contribution in [-0.4, -0.2) is 45.7 Å². The topological polar surface area (TPSA) is 167 Å². The first kappa shape index (κ1) is 25.5. The van der Waals surface area contributed by atoms with Crippen LogP contribution in [0.15, 0.2) is 69.9 Å². The van der Waals surface area contributed by atoms with Crippen LogP contribution in [0.25, 0.3) is 28.4 Å². The van der Waals surface area contributed by atoms with Crippen molar-refractivity contribution < 1.29 is 44.2 Å². The molecule has 0 saturated heterocycles. The third-order valence-electron chi connectivity index (χ3n) is 4.92. The fourth-order valence-corrected chi connectivity index (χ4v) is 3.16. The SMILES string of the molecule is COc1ccc(C=CC(=O)O)cc1OC.O=c1c(O)c(-c2ccc(O)c(O)c2)oc2cc(O)ccc12. The number of hydrogen-bond donors (Lipinski definition) is 5. The number of aliphatic carboxylic acids is 1. The number of aromatic hydroxyl groups is 4. The van der Waals surface area contributed by atoms with E-state index in [1.165, 1.54) is 43.5 Å². The van der Waals surface area contributed by atoms with Gasteiger partial charge in [0.15, 0.2) is 28.8 Å². The number of benzene rings is 3. The second kappa shape index (κ2) is 10.9. The summed E-state index contributed by atoms with van der Waals surface area (Å²) < 4.78 is 15.6. The van der Waals surface area contributed by atoms with Crippen LogP contribution in [0.3, 0.4) is 0 Å². The molecule has 1 aromatic heterocycles. The summed E-state index contributed by atoms with van der Waals surface area (Å²) in [7, 11) is 3.08. The van der Waals surface area contributed by atoms with Crippen LogP contribution in [0.4, 0.5) is 0 Å². The lowest BCUT2D eigenvalue weighted by atomic mass is 10.1. The molecule has 0 amide bonds. The molecule has 36 heavy (non-hydrogen) atoms. The summed E-state index contributed by atoms with van der Waals surface area (Å²) in [6.45, 7) is 0. The van der Waals surface area contributed by atoms with E-state index in [0.29, 0.717) is 11.5 Å². The van der Waals surface area contributed by atoms with Crippen LogP contribution in [-0.2, 0) is 4.79 Å². The van der Waals surface area contributed by atoms with Gasteiger partial charge in [0.2, 0.25) is 11.2 Å². The highest BCUT2D eigenvalue weighted by molar-refractivity contribution is 5.85. The molecule has 0 aliphatic heterocycles. The van der Waals surface area contributed by atoms with Crippen molar-refractivity contribution >= 4 is 23.0 Å². The zero-order chi connectivity index (χ0) is 26.4. The zero-order valence-corrected chi connectivity index (χ0v) is 19.1. The molecule has 4 aromatic rings. The Balaban J connectivity index is 0.000000214. The Kier molecular flexibility index (Phi) is 7.70. The number of phenols is 3. The van der Waals surface area contributed by atoms with Crippen molar-refractivity contribution in [2.24, 2.45) is 0 Å². The first-order valence-corrected chi connectivity index (χ1v) is 10.3. The lowest BCUT2D eigenvalue weighted by Gasteiger charge is -2.07. The molecule has 10 heteroatoms. The Morgan fingerprint density at radius 1 is 0.861 bits per heavy atom. The van der Waals surface area contributed by atoms with Gasteiger partial charge in [0.1, 0.15) is 11.3 Å². The number of phenolic OH excluding ortho intramolecular Hbond substituents is 3. The molecule has 0 unspecified atom stereocenters. The zero-order valence-electron chi connectivity index (χ0n) is 19.1. The Bertz CT molecular complexity index is 1500. The van der Waals surface area contributed by atoms with E-state index < -0.39 is 22.9 Å². The number of hydrogen-bond acceptors (Lipinski definition) is 9. The van der Waals surface area contributed by atoms with E-state index in [-0.39, 0.29) is 33.8 Å². The van der Waals surface area contributed by atoms with E-state index in [1.807, 2.05) is 0 Å². The summed E-state index contributed by atoms with van der Waals surface area (Å²) in [6, 6.07) is 12.8. The van der Waals surface area contributed by atoms with Crippen LogP contribution in [0.1, 0.15) is 5.56 Å². The van der Waals surface area contributed by atoms with E-state index in [2.05, 4.69) is 0 Å². The fraction of sp³-hybridized carbons (Fsp3) is 0.0769. The highest BCUT2D eigenvalue weighted by Crippen LogP contribution is 2.35. The molecule has 4 rings (SSSR count). The molecule has 186 valence electrons. The van der Waals surface area contributed by atoms with Gasteiger partial charge in [-0.2, -0.15) is 0 Å². The van der Waals surface area contributed by atoms with Gasteiger partial charge in [-0.15, -0.1) is 0 Å². The number of carbonyl (C=O) groups is 1. The summed E-state index contributed by atoms with van der Waals surface area (Å²) >= 11 is 0. The molecule has 5 N–H and O–H groups in total. The number of methoxy groups -OCH3 is 2. The Labute approximate surface area is 204 Å². The standard InChI is InChI=1S/C15H10O6.C11H12O4/c16-8-2-3-9-12(6-8)21-15(14(20)13(9)19)7-1-4-10(17)11(18)5-7;1-14-9-5-3-8(4-6-11(12)13)7-10(9)15-2/h1-6,16-18,20H;3-7H,1-2H3,(H,12,13). The first-order valence-electron chi connectivity index (χ1n) is 10.3. The van der Waals surface area contributed by atoms with Crippen molar-refractivity contribution in [3.63, 3.8) is 0 Å². The van der Waals surface area contributed by atoms with Crippen molar-refractivity contribution in [2.75, 3.05) is 14.2 Å². The van der Waals surface area contributed by atoms with Gasteiger partial charge in [-0.1, -0.05) is 6.07 Å². The molecule has 0 fully saturated rings. The smallest absolute Gasteiger partial charge is 0.328 e. The molecule has 0 spiro atoms. The molecule has 10 nitrogen and oxygen atoms in total. The van der Waals surface area contributed by atoms with Crippen LogP contribution >= 0.6 is 0 Å². The van der Waals surface area contributed by atoms with Gasteiger partial charge >= 0.3 is 5.97 Å². The van der Waals surface area contributed by atoms with Crippen LogP contribution in [0.5, 0.6) is 34.5 Å². The molecule has 0 radical (unpaired) electrons. The van der Waals surface area contributed by atoms with Crippen LogP contribution in [0.2, 0.25) is 0 Å². The van der Waals surface area contributed by atoms with Gasteiger partial charge in [-0.05, 0) is 54.1 Å². The van der Waals surface area contributed by atoms with E-state index in [4.69, 9.17) is 19.0 Å². The Morgan fingerprint density at radius 2 is 1.58 bits per heavy atom. The van der Waals surface area contributed by atoms with Crippen molar-refractivity contribution in [2.45, 2.75) is 0 Å². The lowest BCUT2D eigenvalue weighted by molar-refractivity contribution is -0.131. The van der Waals surface area contributed by atoms with E-state index >= 15 is 0 Å². The Hall–Kier alpha value is -5.12. The maximum absolute atomic E-state index is 12.1. The second-order valence-corrected chi connectivity index (χ2v) is 7.28. The number of carboxylic acid groups (broad SMARTS) is 1. The summed E-state index contributed by atoms with van der Waals surface area (Å²) in [5.74, 6) is -1.40. The van der Waals surface area contributed by atoms with Gasteiger partial charge in [0, 0.05) is 17.7 Å². The summed E-state index contributed by atoms with van der Waals surface area (Å²) in [5.41, 5.74) is 0.402. The quantitative estimate of drug-likeness (QED) is 0.201. The van der Waals surface area contributed by atoms with Crippen LogP contribution < -0.4 is 14.9 Å². The predicted molar refractivity (Wildman–Crippen MR) is 131 cm³/mol. The maximum Gasteiger partial charge on any atom is 0.328 e. The maximum atomic E-state index is 12.1. The molecule has 0 atom stereocenters. The van der Waals surface area contributed by atoms with Crippen molar-refractivity contribution in [1.82, 2.24) is 0 Å². The van der Waals surface area contributed by atoms with Crippen molar-refractivity contribution in [3.05, 3.63) is 76.5 Å². The number of ether oxygens (including phenoxy) is 2. The van der Waals surface area contributed by atoms with Gasteiger partial charge < -0.3 is 39.4 Å². The minimum absolute atomic E-state index is 0.0872. The Morgan fingerprint density at radius 3 is 2.22 bits per heavy atom. The lowest BCUT2D eigenvalue weighted by Crippen LogP contribution is -2.02. The number of rotatable bonds is 5. The molecule has 3 aromatic carbocycles. The summed E-state index contributed by atoms with van der Waals surface area (Å²) in [4.78, 5) is 22.4. The average Bonchev–Trinajstić information content (AvgIpc) is 2.86. The fourth-order valence-electron chi connectivity index (χ4n) is 3.16. The largest absolute Gasteiger partial charge is 0.508 e. The summed E-state index contributed by atoms with van der Waals surface area (Å²) in [5, 5.41) is 46.8. The third-order valence-corrected chi connectivity index (χ3v) is 4.92. The van der Waals surface area contributed by atoms with Gasteiger partial charge in [-0.3, -0.25) is 4.79 Å². The first-order chi connectivity index (χ1) is 17.1. The monoisotopic (exact) mass is 494 g/mol. The molecule has 0 bridgehead atoms. The van der Waals surface area contributed by atoms with E-state index in [9.17, 15) is 30.0 Å². The summed E-state index contributed by atoms with van der Waals surface area (Å²) in [6.07, 6.45) is 2.56. The molecule has 1 heterocycles. The van der Waals surface area contributed by atoms with Crippen molar-refractivity contribution in [1.29, 1.82) is 0 Å². The second-order valence-electron chi connectivity index (χ2n) is 7.28. The number of carboxylic acids is 1. The number of fused-ring (bicyclic) bond motifs is 1. The third kappa shape index (κ3) is 5.68. The minimum atomic E-state index is -0.982. The molecule has 0 aliphatic carbocycles. The molecule has 0 saturated carbocycles. The van der Waals surface area contributed by atoms with E-state index in [0.717, 1.165) is 17.7 Å². The average molecular weight is 494 g/mol. The van der Waals surface area contributed by atoms with Gasteiger partial charge in [-0.25, -0.2) is 4.79 Å². The molecule has 0 aliphatic rings.